The number of nitrogens with zero attached hydrogens (tertiary/aromatic N) is 2. The Balaban J connectivity index is 2.09. The number of aliphatic hydroxyl groups excluding tert-OH is 1. The second kappa shape index (κ2) is 6.98. The predicted molar refractivity (Wildman–Crippen MR) is 78.5 cm³/mol. The van der Waals surface area contributed by atoms with Crippen molar-refractivity contribution < 1.29 is 5.11 Å². The lowest BCUT2D eigenvalue weighted by Crippen LogP contribution is -2.16. The molecule has 0 saturated carbocycles. The highest BCUT2D eigenvalue weighted by Gasteiger charge is 2.07. The van der Waals surface area contributed by atoms with Crippen LogP contribution in [0, 0.1) is 11.8 Å². The normalized spacial score (nSPS) is 10.1. The average Bonchev–Trinajstić information content (AvgIpc) is 2.83. The fourth-order valence-corrected chi connectivity index (χ4v) is 2.67. The number of thioether (sulfide) groups is 1. The Morgan fingerprint density at radius 2 is 2.35 bits per heavy atom. The van der Waals surface area contributed by atoms with Gasteiger partial charge in [-0.05, 0) is 24.6 Å². The molecule has 2 aromatic rings. The maximum atomic E-state index is 11.4. The molecular formula is C14H15N3O2S. The quantitative estimate of drug-likeness (QED) is 0.656. The summed E-state index contributed by atoms with van der Waals surface area (Å²) in [6, 6.07) is 7.79. The van der Waals surface area contributed by atoms with Gasteiger partial charge >= 0.3 is 5.69 Å². The Morgan fingerprint density at radius 1 is 1.50 bits per heavy atom. The molecule has 1 aromatic carbocycles. The summed E-state index contributed by atoms with van der Waals surface area (Å²) in [6.07, 6.45) is 0. The van der Waals surface area contributed by atoms with Crippen LogP contribution in [0.5, 0.6) is 0 Å². The topological polar surface area (TPSA) is 70.9 Å². The summed E-state index contributed by atoms with van der Waals surface area (Å²) in [5.41, 5.74) is 1.78. The van der Waals surface area contributed by atoms with Gasteiger partial charge in [-0.15, -0.1) is 5.10 Å². The van der Waals surface area contributed by atoms with E-state index in [9.17, 15) is 4.79 Å². The van der Waals surface area contributed by atoms with Gasteiger partial charge in [0.05, 0.1) is 0 Å². The van der Waals surface area contributed by atoms with Crippen LogP contribution in [-0.2, 0) is 12.3 Å². The zero-order valence-electron chi connectivity index (χ0n) is 11.1. The van der Waals surface area contributed by atoms with Crippen LogP contribution in [0.1, 0.15) is 18.1 Å². The van der Waals surface area contributed by atoms with Crippen LogP contribution < -0.4 is 5.69 Å². The first-order valence-corrected chi connectivity index (χ1v) is 7.19. The minimum absolute atomic E-state index is 0.144. The molecule has 0 aliphatic carbocycles. The minimum Gasteiger partial charge on any atom is -0.384 e. The fraction of sp³-hybridized carbons (Fsp3) is 0.286. The van der Waals surface area contributed by atoms with Crippen LogP contribution in [0.15, 0.2) is 34.2 Å². The molecule has 0 saturated heterocycles. The number of aliphatic hydroxyl groups is 1. The summed E-state index contributed by atoms with van der Waals surface area (Å²) in [6.45, 7) is 2.36. The number of aromatic nitrogens is 3. The van der Waals surface area contributed by atoms with Gasteiger partial charge < -0.3 is 5.11 Å². The maximum absolute atomic E-state index is 11.4. The van der Waals surface area contributed by atoms with Crippen molar-refractivity contribution in [2.75, 3.05) is 6.61 Å². The number of H-pyrrole nitrogens is 1. The van der Waals surface area contributed by atoms with Crippen LogP contribution in [0.4, 0.5) is 0 Å². The molecule has 6 heteroatoms. The summed E-state index contributed by atoms with van der Waals surface area (Å²) in [7, 11) is 0. The summed E-state index contributed by atoms with van der Waals surface area (Å²) >= 11 is 1.50. The predicted octanol–water partition coefficient (Wildman–Crippen LogP) is 1.23. The van der Waals surface area contributed by atoms with Gasteiger partial charge in [-0.25, -0.2) is 9.89 Å². The van der Waals surface area contributed by atoms with Gasteiger partial charge in [0.1, 0.15) is 6.61 Å². The van der Waals surface area contributed by atoms with Crippen molar-refractivity contribution in [1.29, 1.82) is 0 Å². The fourth-order valence-electron chi connectivity index (χ4n) is 1.72. The number of hydrogen-bond acceptors (Lipinski definition) is 4. The van der Waals surface area contributed by atoms with Crippen LogP contribution in [0.3, 0.4) is 0 Å². The number of aromatic amines is 1. The van der Waals surface area contributed by atoms with E-state index < -0.39 is 0 Å². The van der Waals surface area contributed by atoms with E-state index in [0.29, 0.717) is 17.5 Å². The van der Waals surface area contributed by atoms with E-state index in [1.165, 1.54) is 11.8 Å². The average molecular weight is 289 g/mol. The summed E-state index contributed by atoms with van der Waals surface area (Å²) in [5.74, 6) is 6.20. The van der Waals surface area contributed by atoms with E-state index in [4.69, 9.17) is 5.11 Å². The molecule has 0 radical (unpaired) electrons. The van der Waals surface area contributed by atoms with Gasteiger partial charge in [-0.2, -0.15) is 0 Å². The smallest absolute Gasteiger partial charge is 0.343 e. The molecule has 1 heterocycles. The van der Waals surface area contributed by atoms with E-state index in [2.05, 4.69) is 22.0 Å². The Labute approximate surface area is 121 Å². The third-order valence-electron chi connectivity index (χ3n) is 2.65. The SMILES string of the molecule is CCn1c(SCc2cccc(C#CCO)c2)n[nH]c1=O. The van der Waals surface area contributed by atoms with Gasteiger partial charge in [0.15, 0.2) is 5.16 Å². The highest BCUT2D eigenvalue weighted by Crippen LogP contribution is 2.20. The Morgan fingerprint density at radius 3 is 3.10 bits per heavy atom. The molecule has 2 rings (SSSR count). The van der Waals surface area contributed by atoms with Crippen molar-refractivity contribution in [3.8, 4) is 11.8 Å². The van der Waals surface area contributed by atoms with Crippen LogP contribution in [-0.4, -0.2) is 26.5 Å². The third-order valence-corrected chi connectivity index (χ3v) is 3.69. The van der Waals surface area contributed by atoms with Crippen LogP contribution in [0.25, 0.3) is 0 Å². The molecule has 1 aromatic heterocycles. The first-order chi connectivity index (χ1) is 9.74. The van der Waals surface area contributed by atoms with Crippen molar-refractivity contribution in [3.05, 3.63) is 45.9 Å². The van der Waals surface area contributed by atoms with Gasteiger partial charge in [0.25, 0.3) is 0 Å². The molecule has 5 nitrogen and oxygen atoms in total. The monoisotopic (exact) mass is 289 g/mol. The lowest BCUT2D eigenvalue weighted by Gasteiger charge is -2.03. The summed E-state index contributed by atoms with van der Waals surface area (Å²) in [4.78, 5) is 11.4. The molecule has 2 N–H and O–H groups in total. The number of rotatable bonds is 4. The van der Waals surface area contributed by atoms with E-state index in [-0.39, 0.29) is 12.3 Å². The molecule has 0 amide bonds. The molecule has 20 heavy (non-hydrogen) atoms. The highest BCUT2D eigenvalue weighted by atomic mass is 32.2. The maximum Gasteiger partial charge on any atom is 0.343 e. The lowest BCUT2D eigenvalue weighted by atomic mass is 10.1. The second-order valence-corrected chi connectivity index (χ2v) is 4.95. The van der Waals surface area contributed by atoms with Crippen molar-refractivity contribution in [2.45, 2.75) is 24.4 Å². The van der Waals surface area contributed by atoms with Crippen molar-refractivity contribution in [2.24, 2.45) is 0 Å². The first kappa shape index (κ1) is 14.4. The van der Waals surface area contributed by atoms with Crippen molar-refractivity contribution >= 4 is 11.8 Å². The van der Waals surface area contributed by atoms with E-state index >= 15 is 0 Å². The molecule has 104 valence electrons. The van der Waals surface area contributed by atoms with Gasteiger partial charge in [0, 0.05) is 17.9 Å². The zero-order valence-corrected chi connectivity index (χ0v) is 11.9. The summed E-state index contributed by atoms with van der Waals surface area (Å²) < 4.78 is 1.60. The first-order valence-electron chi connectivity index (χ1n) is 6.21. The Hall–Kier alpha value is -1.97. The Bertz CT molecular complexity index is 694. The molecule has 0 aliphatic rings. The van der Waals surface area contributed by atoms with Gasteiger partial charge in [-0.3, -0.25) is 4.57 Å². The number of hydrogen-bond donors (Lipinski definition) is 2. The minimum atomic E-state index is -0.183. The lowest BCUT2D eigenvalue weighted by molar-refractivity contribution is 0.350. The van der Waals surface area contributed by atoms with Crippen LogP contribution in [0.2, 0.25) is 0 Å². The van der Waals surface area contributed by atoms with E-state index in [0.717, 1.165) is 11.1 Å². The number of benzene rings is 1. The molecule has 0 aliphatic heterocycles. The van der Waals surface area contributed by atoms with Crippen molar-refractivity contribution in [3.63, 3.8) is 0 Å². The summed E-state index contributed by atoms with van der Waals surface area (Å²) in [5, 5.41) is 15.8. The van der Waals surface area contributed by atoms with E-state index in [1.807, 2.05) is 31.2 Å². The standard InChI is InChI=1S/C14H15N3O2S/c1-2-17-13(19)15-16-14(17)20-10-12-6-3-5-11(9-12)7-4-8-18/h3,5-6,9,18H,2,8,10H2,1H3,(H,15,19). The Kier molecular flexibility index (Phi) is 5.04. The highest BCUT2D eigenvalue weighted by molar-refractivity contribution is 7.98. The molecule has 0 fully saturated rings. The number of nitrogens with one attached hydrogen (secondary N) is 1. The van der Waals surface area contributed by atoms with Gasteiger partial charge in [-0.1, -0.05) is 35.7 Å². The second-order valence-electron chi connectivity index (χ2n) is 4.00. The molecular weight excluding hydrogens is 274 g/mol. The van der Waals surface area contributed by atoms with Crippen LogP contribution >= 0.6 is 11.8 Å². The zero-order chi connectivity index (χ0) is 14.4. The van der Waals surface area contributed by atoms with Gasteiger partial charge in [0.2, 0.25) is 0 Å². The molecule has 0 unspecified atom stereocenters. The molecule has 0 atom stereocenters. The molecule has 0 bridgehead atoms. The van der Waals surface area contributed by atoms with Crippen molar-refractivity contribution in [1.82, 2.24) is 14.8 Å². The molecule has 0 spiro atoms. The van der Waals surface area contributed by atoms with E-state index in [1.54, 1.807) is 4.57 Å². The largest absolute Gasteiger partial charge is 0.384 e. The third kappa shape index (κ3) is 3.53.